The summed E-state index contributed by atoms with van der Waals surface area (Å²) in [4.78, 5) is 14.3. The van der Waals surface area contributed by atoms with Crippen LogP contribution in [0.1, 0.15) is 47.0 Å². The van der Waals surface area contributed by atoms with E-state index < -0.39 is 0 Å². The third-order valence-electron chi connectivity index (χ3n) is 4.43. The molecule has 106 valence electrons. The molecular weight excluding hydrogens is 226 g/mol. The molecule has 0 aromatic rings. The van der Waals surface area contributed by atoms with Gasteiger partial charge in [0.05, 0.1) is 6.04 Å². The molecule has 1 aliphatic rings. The zero-order chi connectivity index (χ0) is 13.8. The molecule has 1 saturated heterocycles. The number of carbonyl (C=O) groups excluding carboxylic acids is 1. The number of hydrogen-bond donors (Lipinski definition) is 2. The number of hydrogen-bond acceptors (Lipinski definition) is 3. The maximum atomic E-state index is 12.1. The summed E-state index contributed by atoms with van der Waals surface area (Å²) in [6.45, 7) is 11.1. The molecule has 18 heavy (non-hydrogen) atoms. The van der Waals surface area contributed by atoms with Gasteiger partial charge in [-0.2, -0.15) is 0 Å². The Bertz CT molecular complexity index is 272. The lowest BCUT2D eigenvalue weighted by Crippen LogP contribution is -2.52. The summed E-state index contributed by atoms with van der Waals surface area (Å²) in [6.07, 6.45) is 3.15. The second-order valence-corrected chi connectivity index (χ2v) is 6.04. The van der Waals surface area contributed by atoms with Crippen LogP contribution in [0.3, 0.4) is 0 Å². The lowest BCUT2D eigenvalue weighted by atomic mass is 9.80. The Morgan fingerprint density at radius 2 is 1.94 bits per heavy atom. The van der Waals surface area contributed by atoms with Crippen molar-refractivity contribution in [3.63, 3.8) is 0 Å². The normalized spacial score (nSPS) is 23.4. The van der Waals surface area contributed by atoms with Crippen molar-refractivity contribution in [2.75, 3.05) is 19.6 Å². The molecule has 0 saturated carbocycles. The van der Waals surface area contributed by atoms with Crippen LogP contribution in [0.5, 0.6) is 0 Å². The van der Waals surface area contributed by atoms with Crippen molar-refractivity contribution in [3.8, 4) is 0 Å². The number of nitrogens with zero attached hydrogens (tertiary/aromatic N) is 1. The quantitative estimate of drug-likeness (QED) is 0.779. The van der Waals surface area contributed by atoms with E-state index in [1.807, 2.05) is 13.8 Å². The summed E-state index contributed by atoms with van der Waals surface area (Å²) in [7, 11) is 0. The van der Waals surface area contributed by atoms with Crippen molar-refractivity contribution < 1.29 is 4.79 Å². The van der Waals surface area contributed by atoms with E-state index >= 15 is 0 Å². The Labute approximate surface area is 111 Å². The van der Waals surface area contributed by atoms with Crippen LogP contribution in [0.2, 0.25) is 0 Å². The zero-order valence-corrected chi connectivity index (χ0v) is 12.3. The van der Waals surface area contributed by atoms with Gasteiger partial charge in [0.1, 0.15) is 0 Å². The predicted molar refractivity (Wildman–Crippen MR) is 75.3 cm³/mol. The minimum absolute atomic E-state index is 0.0266. The molecule has 4 heteroatoms. The summed E-state index contributed by atoms with van der Waals surface area (Å²) >= 11 is 0. The maximum Gasteiger partial charge on any atom is 0.237 e. The summed E-state index contributed by atoms with van der Waals surface area (Å²) in [6, 6.07) is 0.236. The first kappa shape index (κ1) is 15.4. The SMILES string of the molecule is CCC(C)NC(=O)C(C)N1CCC(C)(CN)CC1. The van der Waals surface area contributed by atoms with E-state index in [2.05, 4.69) is 24.1 Å². The van der Waals surface area contributed by atoms with Gasteiger partial charge in [-0.15, -0.1) is 0 Å². The smallest absolute Gasteiger partial charge is 0.237 e. The molecular formula is C14H29N3O. The van der Waals surface area contributed by atoms with Gasteiger partial charge in [0.25, 0.3) is 0 Å². The van der Waals surface area contributed by atoms with E-state index in [1.165, 1.54) is 0 Å². The molecule has 1 heterocycles. The van der Waals surface area contributed by atoms with E-state index in [0.717, 1.165) is 38.9 Å². The highest BCUT2D eigenvalue weighted by molar-refractivity contribution is 5.81. The molecule has 0 radical (unpaired) electrons. The number of likely N-dealkylation sites (tertiary alicyclic amines) is 1. The molecule has 0 aliphatic carbocycles. The van der Waals surface area contributed by atoms with Gasteiger partial charge >= 0.3 is 0 Å². The first-order valence-corrected chi connectivity index (χ1v) is 7.16. The van der Waals surface area contributed by atoms with Crippen molar-refractivity contribution in [1.29, 1.82) is 0 Å². The number of amides is 1. The van der Waals surface area contributed by atoms with Gasteiger partial charge in [-0.3, -0.25) is 9.69 Å². The first-order valence-electron chi connectivity index (χ1n) is 7.16. The predicted octanol–water partition coefficient (Wildman–Crippen LogP) is 1.35. The number of nitrogens with two attached hydrogens (primary N) is 1. The Morgan fingerprint density at radius 1 is 1.39 bits per heavy atom. The molecule has 0 bridgehead atoms. The van der Waals surface area contributed by atoms with Crippen molar-refractivity contribution in [2.45, 2.75) is 59.0 Å². The molecule has 0 aromatic heterocycles. The van der Waals surface area contributed by atoms with Gasteiger partial charge in [-0.05, 0) is 58.2 Å². The Morgan fingerprint density at radius 3 is 2.39 bits per heavy atom. The van der Waals surface area contributed by atoms with Crippen LogP contribution in [0.15, 0.2) is 0 Å². The molecule has 3 N–H and O–H groups in total. The molecule has 1 fully saturated rings. The average molecular weight is 255 g/mol. The highest BCUT2D eigenvalue weighted by Crippen LogP contribution is 2.30. The van der Waals surface area contributed by atoms with Gasteiger partial charge in [0, 0.05) is 6.04 Å². The van der Waals surface area contributed by atoms with E-state index in [-0.39, 0.29) is 23.4 Å². The molecule has 2 atom stereocenters. The van der Waals surface area contributed by atoms with Crippen molar-refractivity contribution >= 4 is 5.91 Å². The van der Waals surface area contributed by atoms with Crippen LogP contribution in [0, 0.1) is 5.41 Å². The number of nitrogens with one attached hydrogen (secondary N) is 1. The van der Waals surface area contributed by atoms with E-state index in [1.54, 1.807) is 0 Å². The minimum atomic E-state index is -0.0266. The Hall–Kier alpha value is -0.610. The van der Waals surface area contributed by atoms with Crippen LogP contribution >= 0.6 is 0 Å². The highest BCUT2D eigenvalue weighted by Gasteiger charge is 2.32. The standard InChI is InChI=1S/C14H29N3O/c1-5-11(2)16-13(18)12(3)17-8-6-14(4,10-15)7-9-17/h11-12H,5-10,15H2,1-4H3,(H,16,18). The molecule has 4 nitrogen and oxygen atoms in total. The van der Waals surface area contributed by atoms with Gasteiger partial charge in [0.15, 0.2) is 0 Å². The van der Waals surface area contributed by atoms with Gasteiger partial charge in [-0.1, -0.05) is 13.8 Å². The molecule has 1 amide bonds. The van der Waals surface area contributed by atoms with Crippen molar-refractivity contribution in [2.24, 2.45) is 11.1 Å². The van der Waals surface area contributed by atoms with Crippen LogP contribution < -0.4 is 11.1 Å². The number of piperidine rings is 1. The molecule has 1 aliphatic heterocycles. The minimum Gasteiger partial charge on any atom is -0.352 e. The number of rotatable bonds is 5. The monoisotopic (exact) mass is 255 g/mol. The lowest BCUT2D eigenvalue weighted by molar-refractivity contribution is -0.127. The van der Waals surface area contributed by atoms with Gasteiger partial charge < -0.3 is 11.1 Å². The van der Waals surface area contributed by atoms with E-state index in [0.29, 0.717) is 0 Å². The summed E-state index contributed by atoms with van der Waals surface area (Å²) in [5.74, 6) is 0.153. The fourth-order valence-corrected chi connectivity index (χ4v) is 2.29. The maximum absolute atomic E-state index is 12.1. The molecule has 0 spiro atoms. The van der Waals surface area contributed by atoms with E-state index in [4.69, 9.17) is 5.73 Å². The van der Waals surface area contributed by atoms with Gasteiger partial charge in [-0.25, -0.2) is 0 Å². The van der Waals surface area contributed by atoms with Gasteiger partial charge in [0.2, 0.25) is 5.91 Å². The molecule has 0 aromatic carbocycles. The third-order valence-corrected chi connectivity index (χ3v) is 4.43. The Kier molecular flexibility index (Phi) is 5.60. The van der Waals surface area contributed by atoms with Crippen molar-refractivity contribution in [3.05, 3.63) is 0 Å². The molecule has 1 rings (SSSR count). The average Bonchev–Trinajstić information content (AvgIpc) is 2.38. The van der Waals surface area contributed by atoms with Crippen molar-refractivity contribution in [1.82, 2.24) is 10.2 Å². The lowest BCUT2D eigenvalue weighted by Gasteiger charge is -2.40. The third kappa shape index (κ3) is 3.95. The summed E-state index contributed by atoms with van der Waals surface area (Å²) < 4.78 is 0. The number of carbonyl (C=O) groups is 1. The topological polar surface area (TPSA) is 58.4 Å². The van der Waals surface area contributed by atoms with Crippen LogP contribution in [0.4, 0.5) is 0 Å². The van der Waals surface area contributed by atoms with Crippen LogP contribution in [-0.4, -0.2) is 42.5 Å². The van der Waals surface area contributed by atoms with E-state index in [9.17, 15) is 4.79 Å². The summed E-state index contributed by atoms with van der Waals surface area (Å²) in [5, 5.41) is 3.06. The summed E-state index contributed by atoms with van der Waals surface area (Å²) in [5.41, 5.74) is 6.07. The Balaban J connectivity index is 2.44. The highest BCUT2D eigenvalue weighted by atomic mass is 16.2. The fourth-order valence-electron chi connectivity index (χ4n) is 2.29. The second-order valence-electron chi connectivity index (χ2n) is 6.04. The first-order chi connectivity index (χ1) is 8.41. The fraction of sp³-hybridized carbons (Fsp3) is 0.929. The van der Waals surface area contributed by atoms with Crippen LogP contribution in [-0.2, 0) is 4.79 Å². The second kappa shape index (κ2) is 6.53. The molecule has 2 unspecified atom stereocenters. The largest absolute Gasteiger partial charge is 0.352 e. The zero-order valence-electron chi connectivity index (χ0n) is 12.3. The van der Waals surface area contributed by atoms with Crippen LogP contribution in [0.25, 0.3) is 0 Å².